The van der Waals surface area contributed by atoms with Gasteiger partial charge in [0, 0.05) is 40.0 Å². The van der Waals surface area contributed by atoms with Crippen LogP contribution in [0.3, 0.4) is 0 Å². The molecule has 4 rings (SSSR count). The van der Waals surface area contributed by atoms with Crippen LogP contribution in [-0.4, -0.2) is 21.4 Å². The van der Waals surface area contributed by atoms with Crippen LogP contribution < -0.4 is 4.74 Å². The number of nitrogens with zero attached hydrogens (tertiary/aromatic N) is 2. The molecular weight excluding hydrogens is 406 g/mol. The highest BCUT2D eigenvalue weighted by Gasteiger charge is 2.17. The monoisotopic (exact) mass is 435 g/mol. The molecule has 0 amide bonds. The topological polar surface area (TPSA) is 42.8 Å². The van der Waals surface area contributed by atoms with Gasteiger partial charge in [-0.1, -0.05) is 29.8 Å². The van der Waals surface area contributed by atoms with Gasteiger partial charge < -0.3 is 9.72 Å². The second-order valence-electron chi connectivity index (χ2n) is 8.45. The first-order chi connectivity index (χ1) is 14.8. The van der Waals surface area contributed by atoms with Gasteiger partial charge in [0.2, 0.25) is 0 Å². The number of hydrogen-bond acceptors (Lipinski definition) is 2. The van der Waals surface area contributed by atoms with Crippen molar-refractivity contribution in [1.82, 2.24) is 14.8 Å². The maximum Gasteiger partial charge on any atom is 0.119 e. The van der Waals surface area contributed by atoms with Crippen molar-refractivity contribution in [3.63, 3.8) is 0 Å². The standard InChI is InChI=1S/C26H30ClN3O/c1-15-13-20(14-16(2)25(15)27)31-12-8-11-21-17(3)28-26-22(21)9-7-10-23(26)24-18(4)29-30(6)19(24)5/h7,9-10,13-14,28H,8,11-12H2,1-6H3. The van der Waals surface area contributed by atoms with Crippen molar-refractivity contribution < 1.29 is 4.74 Å². The lowest BCUT2D eigenvalue weighted by Gasteiger charge is -2.10. The van der Waals surface area contributed by atoms with E-state index >= 15 is 0 Å². The van der Waals surface area contributed by atoms with Gasteiger partial charge in [-0.05, 0) is 76.3 Å². The van der Waals surface area contributed by atoms with E-state index in [2.05, 4.69) is 49.1 Å². The number of halogens is 1. The number of aryl methyl sites for hydroxylation is 6. The molecule has 0 saturated carbocycles. The fraction of sp³-hybridized carbons (Fsp3) is 0.346. The highest BCUT2D eigenvalue weighted by Crippen LogP contribution is 2.35. The van der Waals surface area contributed by atoms with Crippen LogP contribution in [0, 0.1) is 34.6 Å². The van der Waals surface area contributed by atoms with Crippen LogP contribution in [0.2, 0.25) is 5.02 Å². The first-order valence-corrected chi connectivity index (χ1v) is 11.2. The molecule has 4 nitrogen and oxygen atoms in total. The maximum atomic E-state index is 6.26. The van der Waals surface area contributed by atoms with E-state index < -0.39 is 0 Å². The zero-order chi connectivity index (χ0) is 22.3. The maximum absolute atomic E-state index is 6.26. The lowest BCUT2D eigenvalue weighted by Crippen LogP contribution is -2.00. The Hall–Kier alpha value is -2.72. The molecule has 31 heavy (non-hydrogen) atoms. The number of hydrogen-bond donors (Lipinski definition) is 1. The minimum Gasteiger partial charge on any atom is -0.494 e. The summed E-state index contributed by atoms with van der Waals surface area (Å²) in [5.74, 6) is 0.889. The van der Waals surface area contributed by atoms with Gasteiger partial charge in [0.25, 0.3) is 0 Å². The summed E-state index contributed by atoms with van der Waals surface area (Å²) < 4.78 is 7.98. The molecule has 5 heteroatoms. The predicted molar refractivity (Wildman–Crippen MR) is 129 cm³/mol. The van der Waals surface area contributed by atoms with Gasteiger partial charge in [-0.25, -0.2) is 0 Å². The van der Waals surface area contributed by atoms with Crippen molar-refractivity contribution in [2.24, 2.45) is 7.05 Å². The third-order valence-electron chi connectivity index (χ3n) is 6.18. The van der Waals surface area contributed by atoms with Gasteiger partial charge in [0.05, 0.1) is 17.8 Å². The fourth-order valence-electron chi connectivity index (χ4n) is 4.53. The number of fused-ring (bicyclic) bond motifs is 1. The summed E-state index contributed by atoms with van der Waals surface area (Å²) in [5.41, 5.74) is 10.6. The van der Waals surface area contributed by atoms with Crippen LogP contribution in [0.5, 0.6) is 5.75 Å². The van der Waals surface area contributed by atoms with E-state index in [1.54, 1.807) is 0 Å². The van der Waals surface area contributed by atoms with Gasteiger partial charge in [0.1, 0.15) is 5.75 Å². The summed E-state index contributed by atoms with van der Waals surface area (Å²) >= 11 is 6.26. The summed E-state index contributed by atoms with van der Waals surface area (Å²) in [7, 11) is 2.00. The van der Waals surface area contributed by atoms with Crippen molar-refractivity contribution in [2.75, 3.05) is 6.61 Å². The Kier molecular flexibility index (Phi) is 5.85. The van der Waals surface area contributed by atoms with E-state index in [9.17, 15) is 0 Å². The average Bonchev–Trinajstić information content (AvgIpc) is 3.18. The van der Waals surface area contributed by atoms with Gasteiger partial charge in [-0.2, -0.15) is 5.10 Å². The van der Waals surface area contributed by atoms with Crippen LogP contribution >= 0.6 is 11.6 Å². The SMILES string of the molecule is Cc1cc(OCCCc2c(C)[nH]c3c(-c4c(C)nn(C)c4C)cccc23)cc(C)c1Cl. The molecule has 0 saturated heterocycles. The Labute approximate surface area is 189 Å². The van der Waals surface area contributed by atoms with Crippen LogP contribution in [0.15, 0.2) is 30.3 Å². The second-order valence-corrected chi connectivity index (χ2v) is 8.83. The molecule has 0 aliphatic heterocycles. The predicted octanol–water partition coefficient (Wildman–Crippen LogP) is 6.78. The van der Waals surface area contributed by atoms with E-state index in [4.69, 9.17) is 16.3 Å². The van der Waals surface area contributed by atoms with E-state index in [1.807, 2.05) is 37.7 Å². The van der Waals surface area contributed by atoms with Crippen LogP contribution in [-0.2, 0) is 13.5 Å². The molecule has 4 aromatic rings. The minimum absolute atomic E-state index is 0.674. The molecule has 0 radical (unpaired) electrons. The highest BCUT2D eigenvalue weighted by atomic mass is 35.5. The van der Waals surface area contributed by atoms with Gasteiger partial charge in [-0.15, -0.1) is 0 Å². The van der Waals surface area contributed by atoms with Gasteiger partial charge >= 0.3 is 0 Å². The highest BCUT2D eigenvalue weighted by molar-refractivity contribution is 6.32. The number of rotatable bonds is 6. The van der Waals surface area contributed by atoms with Gasteiger partial charge in [-0.3, -0.25) is 4.68 Å². The summed E-state index contributed by atoms with van der Waals surface area (Å²) in [6.45, 7) is 11.1. The molecule has 0 aliphatic carbocycles. The number of aromatic nitrogens is 3. The molecule has 0 aliphatic rings. The normalized spacial score (nSPS) is 11.5. The number of aromatic amines is 1. The van der Waals surface area contributed by atoms with E-state index in [0.717, 1.165) is 40.4 Å². The molecule has 2 heterocycles. The zero-order valence-corrected chi connectivity index (χ0v) is 19.9. The molecule has 0 bridgehead atoms. The number of nitrogens with one attached hydrogen (secondary N) is 1. The van der Waals surface area contributed by atoms with E-state index in [0.29, 0.717) is 6.61 Å². The number of ether oxygens (including phenoxy) is 1. The van der Waals surface area contributed by atoms with Crippen molar-refractivity contribution in [3.8, 4) is 16.9 Å². The molecule has 0 spiro atoms. The number of benzene rings is 2. The molecule has 162 valence electrons. The molecular formula is C26H30ClN3O. The lowest BCUT2D eigenvalue weighted by atomic mass is 9.99. The van der Waals surface area contributed by atoms with E-state index in [1.165, 1.54) is 39.0 Å². The van der Waals surface area contributed by atoms with Crippen LogP contribution in [0.25, 0.3) is 22.0 Å². The third kappa shape index (κ3) is 3.97. The third-order valence-corrected chi connectivity index (χ3v) is 6.78. The average molecular weight is 436 g/mol. The Morgan fingerprint density at radius 2 is 1.77 bits per heavy atom. The molecule has 2 aromatic carbocycles. The first-order valence-electron chi connectivity index (χ1n) is 10.8. The molecule has 0 unspecified atom stereocenters. The quantitative estimate of drug-likeness (QED) is 0.339. The van der Waals surface area contributed by atoms with E-state index in [-0.39, 0.29) is 0 Å². The largest absolute Gasteiger partial charge is 0.494 e. The summed E-state index contributed by atoms with van der Waals surface area (Å²) in [6.07, 6.45) is 1.91. The van der Waals surface area contributed by atoms with Crippen molar-refractivity contribution in [1.29, 1.82) is 0 Å². The number of para-hydroxylation sites is 1. The van der Waals surface area contributed by atoms with Crippen LogP contribution in [0.1, 0.15) is 40.2 Å². The summed E-state index contributed by atoms with van der Waals surface area (Å²) in [4.78, 5) is 3.65. The van der Waals surface area contributed by atoms with Gasteiger partial charge in [0.15, 0.2) is 0 Å². The molecule has 1 N–H and O–H groups in total. The minimum atomic E-state index is 0.674. The molecule has 0 fully saturated rings. The van der Waals surface area contributed by atoms with Crippen molar-refractivity contribution in [3.05, 3.63) is 69.1 Å². The fourth-order valence-corrected chi connectivity index (χ4v) is 4.63. The van der Waals surface area contributed by atoms with Crippen molar-refractivity contribution in [2.45, 2.75) is 47.5 Å². The summed E-state index contributed by atoms with van der Waals surface area (Å²) in [5, 5.41) is 6.71. The summed E-state index contributed by atoms with van der Waals surface area (Å²) in [6, 6.07) is 10.6. The smallest absolute Gasteiger partial charge is 0.119 e. The second kappa shape index (κ2) is 8.43. The molecule has 2 aromatic heterocycles. The van der Waals surface area contributed by atoms with Crippen molar-refractivity contribution >= 4 is 22.5 Å². The Balaban J connectivity index is 1.55. The Morgan fingerprint density at radius 3 is 2.42 bits per heavy atom. The molecule has 0 atom stereocenters. The van der Waals surface area contributed by atoms with Crippen LogP contribution in [0.4, 0.5) is 0 Å². The number of H-pyrrole nitrogens is 1. The Bertz CT molecular complexity index is 1240. The first kappa shape index (κ1) is 21.5. The lowest BCUT2D eigenvalue weighted by molar-refractivity contribution is 0.310. The zero-order valence-electron chi connectivity index (χ0n) is 19.2. The Morgan fingerprint density at radius 1 is 1.06 bits per heavy atom.